The van der Waals surface area contributed by atoms with Crippen molar-refractivity contribution in [2.75, 3.05) is 5.32 Å². The van der Waals surface area contributed by atoms with Crippen molar-refractivity contribution in [1.29, 1.82) is 0 Å². The molecule has 0 fully saturated rings. The van der Waals surface area contributed by atoms with Gasteiger partial charge in [-0.25, -0.2) is 4.98 Å². The van der Waals surface area contributed by atoms with Gasteiger partial charge in [-0.3, -0.25) is 14.5 Å². The molecule has 0 radical (unpaired) electrons. The lowest BCUT2D eigenvalue weighted by Crippen LogP contribution is -2.15. The van der Waals surface area contributed by atoms with E-state index in [1.54, 1.807) is 0 Å². The molecule has 0 saturated carbocycles. The number of nitrogens with zero attached hydrogens (tertiary/aromatic N) is 4. The first-order chi connectivity index (χ1) is 12.5. The molecule has 0 unspecified atom stereocenters. The minimum atomic E-state index is -0.255. The Morgan fingerprint density at radius 2 is 1.73 bits per heavy atom. The third kappa shape index (κ3) is 2.97. The number of benzene rings is 1. The molecule has 3 heterocycles. The van der Waals surface area contributed by atoms with Crippen molar-refractivity contribution in [3.8, 4) is 11.3 Å². The number of nitrogens with one attached hydrogen (secondary N) is 1. The summed E-state index contributed by atoms with van der Waals surface area (Å²) in [5.74, 6) is -0.255. The van der Waals surface area contributed by atoms with Gasteiger partial charge >= 0.3 is 0 Å². The number of aryl methyl sites for hydroxylation is 3. The van der Waals surface area contributed by atoms with E-state index < -0.39 is 0 Å². The van der Waals surface area contributed by atoms with Crippen LogP contribution in [0.3, 0.4) is 0 Å². The number of fused-ring (bicyclic) bond motifs is 1. The van der Waals surface area contributed by atoms with Crippen molar-refractivity contribution in [3.05, 3.63) is 64.4 Å². The van der Waals surface area contributed by atoms with Crippen LogP contribution in [-0.4, -0.2) is 25.5 Å². The molecule has 3 aromatic heterocycles. The predicted octanol–water partition coefficient (Wildman–Crippen LogP) is 4.03. The molecule has 4 aromatic rings. The normalized spacial score (nSPS) is 11.0. The Balaban J connectivity index is 1.87. The maximum atomic E-state index is 13.0. The zero-order valence-electron chi connectivity index (χ0n) is 14.6. The Kier molecular flexibility index (Phi) is 4.00. The number of amides is 1. The molecule has 4 rings (SSSR count). The number of hydrogen-bond donors (Lipinski definition) is 1. The highest BCUT2D eigenvalue weighted by Gasteiger charge is 2.21. The second kappa shape index (κ2) is 6.34. The van der Waals surface area contributed by atoms with Crippen molar-refractivity contribution in [3.63, 3.8) is 0 Å². The molecule has 0 spiro atoms. The standard InChI is InChI=1S/C19H17N5OS/c1-11-4-7-14(8-5-11)16-17(18(25)21-19-23-22-13(3)26-19)24-10-12(2)6-9-15(24)20-16/h4-10H,1-3H3,(H,21,23,25). The molecule has 6 nitrogen and oxygen atoms in total. The summed E-state index contributed by atoms with van der Waals surface area (Å²) in [6.07, 6.45) is 1.92. The fourth-order valence-corrected chi connectivity index (χ4v) is 3.37. The number of carbonyl (C=O) groups excluding carboxylic acids is 1. The summed E-state index contributed by atoms with van der Waals surface area (Å²) >= 11 is 1.34. The number of aromatic nitrogens is 4. The van der Waals surface area contributed by atoms with E-state index in [1.165, 1.54) is 11.3 Å². The maximum absolute atomic E-state index is 13.0. The van der Waals surface area contributed by atoms with E-state index in [0.717, 1.165) is 27.3 Å². The lowest BCUT2D eigenvalue weighted by Gasteiger charge is -2.06. The Hall–Kier alpha value is -3.06. The number of anilines is 1. The van der Waals surface area contributed by atoms with Gasteiger partial charge in [-0.2, -0.15) is 0 Å². The molecule has 1 amide bonds. The third-order valence-corrected chi connectivity index (χ3v) is 4.81. The Morgan fingerprint density at radius 3 is 2.42 bits per heavy atom. The average molecular weight is 363 g/mol. The Morgan fingerprint density at radius 1 is 1.00 bits per heavy atom. The van der Waals surface area contributed by atoms with Gasteiger partial charge in [-0.1, -0.05) is 47.2 Å². The van der Waals surface area contributed by atoms with Crippen molar-refractivity contribution in [2.24, 2.45) is 0 Å². The summed E-state index contributed by atoms with van der Waals surface area (Å²) in [6, 6.07) is 11.9. The van der Waals surface area contributed by atoms with Crippen molar-refractivity contribution in [2.45, 2.75) is 20.8 Å². The zero-order chi connectivity index (χ0) is 18.3. The predicted molar refractivity (Wildman–Crippen MR) is 103 cm³/mol. The second-order valence-electron chi connectivity index (χ2n) is 6.19. The van der Waals surface area contributed by atoms with Crippen LogP contribution >= 0.6 is 11.3 Å². The summed E-state index contributed by atoms with van der Waals surface area (Å²) < 4.78 is 1.83. The highest BCUT2D eigenvalue weighted by molar-refractivity contribution is 7.15. The van der Waals surface area contributed by atoms with Crippen LogP contribution in [0.25, 0.3) is 16.9 Å². The van der Waals surface area contributed by atoms with Crippen molar-refractivity contribution in [1.82, 2.24) is 19.6 Å². The molecule has 0 bridgehead atoms. The average Bonchev–Trinajstić information content (AvgIpc) is 3.18. The van der Waals surface area contributed by atoms with E-state index in [1.807, 2.05) is 67.8 Å². The first kappa shape index (κ1) is 16.4. The molecular weight excluding hydrogens is 346 g/mol. The molecule has 0 aliphatic carbocycles. The van der Waals surface area contributed by atoms with Gasteiger partial charge < -0.3 is 0 Å². The van der Waals surface area contributed by atoms with Crippen LogP contribution < -0.4 is 5.32 Å². The Bertz CT molecular complexity index is 1110. The molecule has 0 aliphatic heterocycles. The monoisotopic (exact) mass is 363 g/mol. The van der Waals surface area contributed by atoms with Gasteiger partial charge in [0.05, 0.1) is 0 Å². The zero-order valence-corrected chi connectivity index (χ0v) is 15.5. The summed E-state index contributed by atoms with van der Waals surface area (Å²) in [6.45, 7) is 5.87. The van der Waals surface area contributed by atoms with Crippen LogP contribution in [0.2, 0.25) is 0 Å². The minimum absolute atomic E-state index is 0.255. The SMILES string of the molecule is Cc1ccc(-c2nc3ccc(C)cn3c2C(=O)Nc2nnc(C)s2)cc1. The Labute approximate surface area is 154 Å². The first-order valence-electron chi connectivity index (χ1n) is 8.18. The maximum Gasteiger partial charge on any atom is 0.276 e. The topological polar surface area (TPSA) is 72.2 Å². The molecule has 26 heavy (non-hydrogen) atoms. The molecule has 0 atom stereocenters. The van der Waals surface area contributed by atoms with Gasteiger partial charge in [0, 0.05) is 11.8 Å². The van der Waals surface area contributed by atoms with Gasteiger partial charge in [-0.15, -0.1) is 10.2 Å². The quantitative estimate of drug-likeness (QED) is 0.596. The largest absolute Gasteiger partial charge is 0.295 e. The number of hydrogen-bond acceptors (Lipinski definition) is 5. The summed E-state index contributed by atoms with van der Waals surface area (Å²) in [4.78, 5) is 17.7. The van der Waals surface area contributed by atoms with Crippen molar-refractivity contribution < 1.29 is 4.79 Å². The number of imidazole rings is 1. The van der Waals surface area contributed by atoms with E-state index in [0.29, 0.717) is 16.5 Å². The smallest absolute Gasteiger partial charge is 0.276 e. The van der Waals surface area contributed by atoms with Crippen LogP contribution in [0.15, 0.2) is 42.6 Å². The molecule has 7 heteroatoms. The molecule has 130 valence electrons. The van der Waals surface area contributed by atoms with Crippen LogP contribution in [0.5, 0.6) is 0 Å². The summed E-state index contributed by atoms with van der Waals surface area (Å²) in [5, 5.41) is 12.1. The molecule has 1 aromatic carbocycles. The highest BCUT2D eigenvalue weighted by atomic mass is 32.1. The van der Waals surface area contributed by atoms with Crippen LogP contribution in [0.1, 0.15) is 26.6 Å². The van der Waals surface area contributed by atoms with E-state index in [4.69, 9.17) is 4.98 Å². The van der Waals surface area contributed by atoms with E-state index in [-0.39, 0.29) is 5.91 Å². The summed E-state index contributed by atoms with van der Waals surface area (Å²) in [7, 11) is 0. The number of carbonyl (C=O) groups is 1. The first-order valence-corrected chi connectivity index (χ1v) is 9.00. The number of rotatable bonds is 3. The van der Waals surface area contributed by atoms with Crippen molar-refractivity contribution >= 4 is 28.0 Å². The molecule has 0 saturated heterocycles. The van der Waals surface area contributed by atoms with E-state index in [2.05, 4.69) is 15.5 Å². The summed E-state index contributed by atoms with van der Waals surface area (Å²) in [5.41, 5.74) is 4.96. The molecule has 0 aliphatic rings. The van der Waals surface area contributed by atoms with E-state index in [9.17, 15) is 4.79 Å². The van der Waals surface area contributed by atoms with Gasteiger partial charge in [-0.05, 0) is 32.4 Å². The van der Waals surface area contributed by atoms with Gasteiger partial charge in [0.2, 0.25) is 5.13 Å². The fourth-order valence-electron chi connectivity index (χ4n) is 2.78. The van der Waals surface area contributed by atoms with Gasteiger partial charge in [0.25, 0.3) is 5.91 Å². The minimum Gasteiger partial charge on any atom is -0.295 e. The number of pyridine rings is 1. The van der Waals surface area contributed by atoms with Crippen LogP contribution in [0, 0.1) is 20.8 Å². The van der Waals surface area contributed by atoms with Crippen LogP contribution in [-0.2, 0) is 0 Å². The van der Waals surface area contributed by atoms with Crippen LogP contribution in [0.4, 0.5) is 5.13 Å². The third-order valence-electron chi connectivity index (χ3n) is 4.05. The lowest BCUT2D eigenvalue weighted by atomic mass is 10.1. The lowest BCUT2D eigenvalue weighted by molar-refractivity contribution is 0.102. The molecule has 1 N–H and O–H groups in total. The van der Waals surface area contributed by atoms with E-state index >= 15 is 0 Å². The van der Waals surface area contributed by atoms with Gasteiger partial charge in [0.15, 0.2) is 0 Å². The molecular formula is C19H17N5OS. The van der Waals surface area contributed by atoms with Gasteiger partial charge in [0.1, 0.15) is 22.0 Å². The second-order valence-corrected chi connectivity index (χ2v) is 7.37. The fraction of sp³-hybridized carbons (Fsp3) is 0.158. The highest BCUT2D eigenvalue weighted by Crippen LogP contribution is 2.26.